The van der Waals surface area contributed by atoms with Crippen LogP contribution in [0.1, 0.15) is 15.9 Å². The Labute approximate surface area is 99.8 Å². The predicted octanol–water partition coefficient (Wildman–Crippen LogP) is 2.60. The maximum Gasteiger partial charge on any atom is 0.340 e. The van der Waals surface area contributed by atoms with Crippen molar-refractivity contribution in [2.75, 3.05) is 7.11 Å². The molecule has 0 fully saturated rings. The largest absolute Gasteiger partial charge is 0.465 e. The van der Waals surface area contributed by atoms with E-state index in [1.54, 1.807) is 12.1 Å². The molecular weight excluding hydrogens is 316 g/mol. The van der Waals surface area contributed by atoms with E-state index in [-0.39, 0.29) is 16.1 Å². The number of methoxy groups -OCH3 is 1. The third-order valence-electron chi connectivity index (χ3n) is 1.60. The lowest BCUT2D eigenvalue weighted by atomic mass is 10.1. The van der Waals surface area contributed by atoms with Crippen LogP contribution in [0.4, 0.5) is 0 Å². The molecule has 0 aliphatic heterocycles. The van der Waals surface area contributed by atoms with Crippen LogP contribution in [0, 0.1) is 14.9 Å². The van der Waals surface area contributed by atoms with Gasteiger partial charge in [0.05, 0.1) is 23.3 Å². The van der Waals surface area contributed by atoms with Crippen LogP contribution in [-0.4, -0.2) is 13.1 Å². The Kier molecular flexibility index (Phi) is 3.72. The van der Waals surface area contributed by atoms with E-state index < -0.39 is 5.97 Å². The van der Waals surface area contributed by atoms with Crippen LogP contribution in [0.15, 0.2) is 12.1 Å². The Bertz CT molecular complexity index is 426. The summed E-state index contributed by atoms with van der Waals surface area (Å²) in [4.78, 5) is 11.3. The molecule has 3 nitrogen and oxygen atoms in total. The van der Waals surface area contributed by atoms with Crippen molar-refractivity contribution in [3.8, 4) is 6.07 Å². The van der Waals surface area contributed by atoms with Gasteiger partial charge in [-0.1, -0.05) is 11.6 Å². The number of esters is 1. The molecular formula is C9H5ClINO2. The predicted molar refractivity (Wildman–Crippen MR) is 60.2 cm³/mol. The Hall–Kier alpha value is -0.800. The number of rotatable bonds is 1. The van der Waals surface area contributed by atoms with Gasteiger partial charge in [-0.15, -0.1) is 0 Å². The lowest BCUT2D eigenvalue weighted by Gasteiger charge is -2.05. The summed E-state index contributed by atoms with van der Waals surface area (Å²) in [6.45, 7) is 0. The number of hydrogen-bond donors (Lipinski definition) is 0. The molecule has 1 rings (SSSR count). The molecule has 0 N–H and O–H groups in total. The lowest BCUT2D eigenvalue weighted by molar-refractivity contribution is 0.0600. The van der Waals surface area contributed by atoms with Crippen LogP contribution in [0.5, 0.6) is 0 Å². The highest BCUT2D eigenvalue weighted by molar-refractivity contribution is 14.1. The molecule has 0 saturated carbocycles. The van der Waals surface area contributed by atoms with Gasteiger partial charge >= 0.3 is 5.97 Å². The molecule has 0 aliphatic carbocycles. The van der Waals surface area contributed by atoms with Crippen molar-refractivity contribution in [3.63, 3.8) is 0 Å². The standard InChI is InChI=1S/C9H5ClINO2/c1-14-9(13)7-5(4-12)2-3-6(11)8(7)10/h2-3H,1H3. The minimum Gasteiger partial charge on any atom is -0.465 e. The van der Waals surface area contributed by atoms with Gasteiger partial charge in [0.15, 0.2) is 0 Å². The van der Waals surface area contributed by atoms with Crippen molar-refractivity contribution in [1.82, 2.24) is 0 Å². The summed E-state index contributed by atoms with van der Waals surface area (Å²) >= 11 is 7.87. The minimum atomic E-state index is -0.593. The van der Waals surface area contributed by atoms with Crippen molar-refractivity contribution < 1.29 is 9.53 Å². The average molecular weight is 322 g/mol. The number of nitrogens with zero attached hydrogens (tertiary/aromatic N) is 1. The van der Waals surface area contributed by atoms with Gasteiger partial charge < -0.3 is 4.74 Å². The fraction of sp³-hybridized carbons (Fsp3) is 0.111. The van der Waals surface area contributed by atoms with E-state index in [0.29, 0.717) is 3.57 Å². The fourth-order valence-electron chi connectivity index (χ4n) is 0.945. The zero-order chi connectivity index (χ0) is 10.7. The van der Waals surface area contributed by atoms with E-state index in [4.69, 9.17) is 16.9 Å². The van der Waals surface area contributed by atoms with Gasteiger partial charge in [-0.25, -0.2) is 4.79 Å². The molecule has 0 saturated heterocycles. The molecule has 0 amide bonds. The van der Waals surface area contributed by atoms with Crippen molar-refractivity contribution in [2.45, 2.75) is 0 Å². The van der Waals surface area contributed by atoms with Gasteiger partial charge in [0.25, 0.3) is 0 Å². The van der Waals surface area contributed by atoms with Crippen LogP contribution >= 0.6 is 34.2 Å². The highest BCUT2D eigenvalue weighted by Crippen LogP contribution is 2.26. The molecule has 0 aromatic heterocycles. The summed E-state index contributed by atoms with van der Waals surface area (Å²) < 4.78 is 5.25. The minimum absolute atomic E-state index is 0.128. The Morgan fingerprint density at radius 2 is 2.29 bits per heavy atom. The second-order valence-electron chi connectivity index (χ2n) is 2.39. The van der Waals surface area contributed by atoms with Crippen LogP contribution < -0.4 is 0 Å². The van der Waals surface area contributed by atoms with E-state index in [0.717, 1.165) is 0 Å². The number of hydrogen-bond acceptors (Lipinski definition) is 3. The van der Waals surface area contributed by atoms with Gasteiger partial charge in [-0.05, 0) is 34.7 Å². The molecule has 0 heterocycles. The summed E-state index contributed by atoms with van der Waals surface area (Å²) in [5.41, 5.74) is 0.353. The van der Waals surface area contributed by atoms with Gasteiger partial charge in [0.2, 0.25) is 0 Å². The maximum absolute atomic E-state index is 11.3. The molecule has 0 spiro atoms. The zero-order valence-electron chi connectivity index (χ0n) is 7.17. The lowest BCUT2D eigenvalue weighted by Crippen LogP contribution is -2.06. The van der Waals surface area contributed by atoms with E-state index in [1.165, 1.54) is 7.11 Å². The molecule has 1 aromatic rings. The Balaban J connectivity index is 3.45. The maximum atomic E-state index is 11.3. The third-order valence-corrected chi connectivity index (χ3v) is 3.22. The normalized spacial score (nSPS) is 9.29. The molecule has 14 heavy (non-hydrogen) atoms. The van der Waals surface area contributed by atoms with Crippen LogP contribution in [-0.2, 0) is 4.74 Å². The van der Waals surface area contributed by atoms with Crippen molar-refractivity contribution in [3.05, 3.63) is 31.9 Å². The average Bonchev–Trinajstić information content (AvgIpc) is 2.20. The van der Waals surface area contributed by atoms with E-state index in [2.05, 4.69) is 4.74 Å². The van der Waals surface area contributed by atoms with Crippen LogP contribution in [0.2, 0.25) is 5.02 Å². The molecule has 0 bridgehead atoms. The number of halogens is 2. The number of carbonyl (C=O) groups excluding carboxylic acids is 1. The summed E-state index contributed by atoms with van der Waals surface area (Å²) in [7, 11) is 1.25. The van der Waals surface area contributed by atoms with Crippen molar-refractivity contribution in [1.29, 1.82) is 5.26 Å². The van der Waals surface area contributed by atoms with Crippen LogP contribution in [0.25, 0.3) is 0 Å². The van der Waals surface area contributed by atoms with E-state index in [1.807, 2.05) is 28.7 Å². The highest BCUT2D eigenvalue weighted by Gasteiger charge is 2.17. The quantitative estimate of drug-likeness (QED) is 0.590. The van der Waals surface area contributed by atoms with Crippen molar-refractivity contribution >= 4 is 40.2 Å². The highest BCUT2D eigenvalue weighted by atomic mass is 127. The second-order valence-corrected chi connectivity index (χ2v) is 3.93. The van der Waals surface area contributed by atoms with Gasteiger partial charge in [0, 0.05) is 3.57 Å². The summed E-state index contributed by atoms with van der Waals surface area (Å²) in [5.74, 6) is -0.593. The molecule has 0 atom stereocenters. The molecule has 72 valence electrons. The molecule has 0 unspecified atom stereocenters. The summed E-state index contributed by atoms with van der Waals surface area (Å²) in [5, 5.41) is 9.02. The fourth-order valence-corrected chi connectivity index (χ4v) is 1.64. The topological polar surface area (TPSA) is 50.1 Å². The first kappa shape index (κ1) is 11.3. The molecule has 5 heteroatoms. The van der Waals surface area contributed by atoms with Crippen molar-refractivity contribution in [2.24, 2.45) is 0 Å². The van der Waals surface area contributed by atoms with Crippen LogP contribution in [0.3, 0.4) is 0 Å². The number of benzene rings is 1. The smallest absolute Gasteiger partial charge is 0.340 e. The second kappa shape index (κ2) is 4.62. The van der Waals surface area contributed by atoms with Gasteiger partial charge in [-0.2, -0.15) is 5.26 Å². The molecule has 0 radical (unpaired) electrons. The van der Waals surface area contributed by atoms with Gasteiger partial charge in [0.1, 0.15) is 6.07 Å². The van der Waals surface area contributed by atoms with E-state index in [9.17, 15) is 4.79 Å². The zero-order valence-corrected chi connectivity index (χ0v) is 10.1. The molecule has 0 aliphatic rings. The first-order chi connectivity index (χ1) is 6.61. The number of nitriles is 1. The summed E-state index contributed by atoms with van der Waals surface area (Å²) in [6.07, 6.45) is 0. The van der Waals surface area contributed by atoms with E-state index >= 15 is 0 Å². The monoisotopic (exact) mass is 321 g/mol. The number of carbonyl (C=O) groups is 1. The first-order valence-corrected chi connectivity index (χ1v) is 5.04. The Morgan fingerprint density at radius 3 is 2.79 bits per heavy atom. The number of ether oxygens (including phenoxy) is 1. The first-order valence-electron chi connectivity index (χ1n) is 3.58. The Morgan fingerprint density at radius 1 is 1.64 bits per heavy atom. The molecule has 1 aromatic carbocycles. The summed E-state index contributed by atoms with van der Waals surface area (Å²) in [6, 6.07) is 5.11. The SMILES string of the molecule is COC(=O)c1c(C#N)ccc(I)c1Cl. The third kappa shape index (κ3) is 1.99. The van der Waals surface area contributed by atoms with Gasteiger partial charge in [-0.3, -0.25) is 0 Å².